The molecule has 0 unspecified atom stereocenters. The minimum Gasteiger partial charge on any atom is -0.464 e. The Balaban J connectivity index is 0.0000000959. The highest BCUT2D eigenvalue weighted by atomic mass is 16.3. The van der Waals surface area contributed by atoms with Gasteiger partial charge in [-0.05, 0) is 58.7 Å². The number of hydrogen-bond acceptors (Lipinski definition) is 4. The molecule has 0 amide bonds. The molecule has 8 aromatic rings. The summed E-state index contributed by atoms with van der Waals surface area (Å²) in [6.45, 7) is 0. The molecule has 0 saturated carbocycles. The lowest BCUT2D eigenvalue weighted by molar-refractivity contribution is 0.601. The highest BCUT2D eigenvalue weighted by Gasteiger charge is 2.09. The molecule has 182 valence electrons. The fourth-order valence-corrected chi connectivity index (χ4v) is 5.07. The Labute approximate surface area is 218 Å². The summed E-state index contributed by atoms with van der Waals surface area (Å²) in [5.41, 5.74) is 7.70. The van der Waals surface area contributed by atoms with Gasteiger partial charge in [0.15, 0.2) is 12.0 Å². The molecule has 0 spiro atoms. The summed E-state index contributed by atoms with van der Waals surface area (Å²) in [6, 6.07) is 28.7. The van der Waals surface area contributed by atoms with Crippen LogP contribution in [0.5, 0.6) is 0 Å². The fourth-order valence-electron chi connectivity index (χ4n) is 5.07. The molecule has 4 aromatic heterocycles. The first-order valence-corrected chi connectivity index (χ1v) is 12.5. The zero-order valence-corrected chi connectivity index (χ0v) is 20.5. The number of allylic oxidation sites excluding steroid dienone is 1. The third-order valence-electron chi connectivity index (χ3n) is 6.92. The van der Waals surface area contributed by atoms with Crippen molar-refractivity contribution in [2.75, 3.05) is 0 Å². The van der Waals surface area contributed by atoms with E-state index in [0.717, 1.165) is 34.0 Å². The van der Waals surface area contributed by atoms with Crippen LogP contribution >= 0.6 is 0 Å². The van der Waals surface area contributed by atoms with E-state index in [-0.39, 0.29) is 0 Å². The Hall–Kier alpha value is -5.16. The number of benzene rings is 4. The van der Waals surface area contributed by atoms with Crippen molar-refractivity contribution in [2.24, 2.45) is 0 Å². The second-order valence-corrected chi connectivity index (χ2v) is 9.14. The number of rotatable bonds is 0. The SMILES string of the molecule is C1=Cc2ccc3cc[nH]c3c2C1.c1cc2c(ccc3ocnc32)o1.c1ccc2c(c1)ccc1cccnc12. The molecule has 0 fully saturated rings. The normalized spacial score (nSPS) is 12.0. The summed E-state index contributed by atoms with van der Waals surface area (Å²) in [6.07, 6.45) is 12.4. The van der Waals surface area contributed by atoms with Crippen molar-refractivity contribution in [2.45, 2.75) is 6.42 Å². The van der Waals surface area contributed by atoms with Crippen molar-refractivity contribution < 1.29 is 8.83 Å². The number of H-pyrrole nitrogens is 1. The third kappa shape index (κ3) is 3.91. The number of nitrogens with one attached hydrogen (secondary N) is 1. The van der Waals surface area contributed by atoms with Crippen LogP contribution < -0.4 is 0 Å². The highest BCUT2D eigenvalue weighted by molar-refractivity contribution is 6.05. The van der Waals surface area contributed by atoms with Crippen LogP contribution in [0.2, 0.25) is 0 Å². The van der Waals surface area contributed by atoms with Gasteiger partial charge < -0.3 is 13.8 Å². The highest BCUT2D eigenvalue weighted by Crippen LogP contribution is 2.27. The molecule has 1 aliphatic rings. The van der Waals surface area contributed by atoms with Crippen molar-refractivity contribution in [3.63, 3.8) is 0 Å². The molecule has 0 saturated heterocycles. The molecule has 0 aliphatic heterocycles. The van der Waals surface area contributed by atoms with E-state index in [0.29, 0.717) is 0 Å². The quantitative estimate of drug-likeness (QED) is 0.215. The smallest absolute Gasteiger partial charge is 0.182 e. The number of aromatic nitrogens is 3. The third-order valence-corrected chi connectivity index (χ3v) is 6.92. The fraction of sp³-hybridized carbons (Fsp3) is 0.0303. The van der Waals surface area contributed by atoms with Gasteiger partial charge in [0, 0.05) is 34.1 Å². The Morgan fingerprint density at radius 1 is 0.658 bits per heavy atom. The van der Waals surface area contributed by atoms with Crippen LogP contribution in [0.1, 0.15) is 11.1 Å². The maximum atomic E-state index is 5.21. The maximum absolute atomic E-state index is 5.21. The van der Waals surface area contributed by atoms with Crippen LogP contribution in [0.3, 0.4) is 0 Å². The maximum Gasteiger partial charge on any atom is 0.182 e. The van der Waals surface area contributed by atoms with Gasteiger partial charge in [-0.2, -0.15) is 0 Å². The topological polar surface area (TPSA) is 67.8 Å². The van der Waals surface area contributed by atoms with E-state index < -0.39 is 0 Å². The van der Waals surface area contributed by atoms with Gasteiger partial charge in [0.2, 0.25) is 0 Å². The lowest BCUT2D eigenvalue weighted by Gasteiger charge is -2.01. The predicted molar refractivity (Wildman–Crippen MR) is 154 cm³/mol. The number of oxazole rings is 1. The van der Waals surface area contributed by atoms with Crippen LogP contribution in [0.15, 0.2) is 125 Å². The Bertz CT molecular complexity index is 1970. The molecule has 4 heterocycles. The van der Waals surface area contributed by atoms with Crippen LogP contribution in [-0.2, 0) is 6.42 Å². The second-order valence-electron chi connectivity index (χ2n) is 9.14. The summed E-state index contributed by atoms with van der Waals surface area (Å²) < 4.78 is 10.4. The van der Waals surface area contributed by atoms with E-state index in [4.69, 9.17) is 8.83 Å². The number of hydrogen-bond donors (Lipinski definition) is 1. The van der Waals surface area contributed by atoms with Gasteiger partial charge in [0.1, 0.15) is 11.1 Å². The summed E-state index contributed by atoms with van der Waals surface area (Å²) in [7, 11) is 0. The predicted octanol–water partition coefficient (Wildman–Crippen LogP) is 8.70. The van der Waals surface area contributed by atoms with Crippen molar-refractivity contribution in [1.82, 2.24) is 15.0 Å². The minimum atomic E-state index is 0.795. The zero-order chi connectivity index (χ0) is 25.3. The Kier molecular flexibility index (Phi) is 5.44. The second kappa shape index (κ2) is 9.37. The Morgan fingerprint density at radius 2 is 1.53 bits per heavy atom. The van der Waals surface area contributed by atoms with Crippen LogP contribution in [0, 0.1) is 0 Å². The van der Waals surface area contributed by atoms with Gasteiger partial charge in [0.05, 0.1) is 11.8 Å². The van der Waals surface area contributed by atoms with Gasteiger partial charge in [-0.15, -0.1) is 0 Å². The zero-order valence-electron chi connectivity index (χ0n) is 20.5. The van der Waals surface area contributed by atoms with Crippen LogP contribution in [-0.4, -0.2) is 15.0 Å². The first-order valence-electron chi connectivity index (χ1n) is 12.5. The molecule has 9 rings (SSSR count). The molecule has 5 nitrogen and oxygen atoms in total. The average Bonchev–Trinajstić information content (AvgIpc) is 3.78. The number of pyridine rings is 1. The van der Waals surface area contributed by atoms with E-state index in [1.807, 2.05) is 36.7 Å². The lowest BCUT2D eigenvalue weighted by Crippen LogP contribution is -1.82. The van der Waals surface area contributed by atoms with E-state index >= 15 is 0 Å². The number of fused-ring (bicyclic) bond motifs is 9. The molecule has 4 aromatic carbocycles. The van der Waals surface area contributed by atoms with Crippen LogP contribution in [0.4, 0.5) is 0 Å². The summed E-state index contributed by atoms with van der Waals surface area (Å²) >= 11 is 0. The summed E-state index contributed by atoms with van der Waals surface area (Å²) in [4.78, 5) is 11.8. The van der Waals surface area contributed by atoms with Gasteiger partial charge in [-0.1, -0.05) is 66.7 Å². The van der Waals surface area contributed by atoms with Crippen molar-refractivity contribution in [1.29, 1.82) is 0 Å². The van der Waals surface area contributed by atoms with Crippen LogP contribution in [0.25, 0.3) is 60.7 Å². The number of furan rings is 1. The molecule has 38 heavy (non-hydrogen) atoms. The standard InChI is InChI=1S/C13H9N.C11H9N.C9H5NO2/c1-2-6-12-10(4-1)7-8-11-5-3-9-14-13(11)12;1-2-8-4-5-9-6-7-12-11(9)10(8)3-1;1-2-8-9(10-5-12-8)6-3-4-11-7(1)6/h1-9H;1-2,4-7,12H,3H2;1-5H. The number of nitrogens with zero attached hydrogens (tertiary/aromatic N) is 2. The summed E-state index contributed by atoms with van der Waals surface area (Å²) in [5.74, 6) is 0. The first kappa shape index (κ1) is 22.1. The monoisotopic (exact) mass is 493 g/mol. The lowest BCUT2D eigenvalue weighted by atomic mass is 10.1. The van der Waals surface area contributed by atoms with Crippen molar-refractivity contribution in [3.05, 3.63) is 127 Å². The molecular weight excluding hydrogens is 470 g/mol. The molecule has 0 radical (unpaired) electrons. The van der Waals surface area contributed by atoms with E-state index in [1.165, 1.54) is 44.6 Å². The van der Waals surface area contributed by atoms with Crippen molar-refractivity contribution >= 4 is 60.7 Å². The molecule has 1 aliphatic carbocycles. The average molecular weight is 494 g/mol. The van der Waals surface area contributed by atoms with Gasteiger partial charge in [-0.25, -0.2) is 4.98 Å². The summed E-state index contributed by atoms with van der Waals surface area (Å²) in [5, 5.41) is 5.99. The van der Waals surface area contributed by atoms with E-state index in [2.05, 4.69) is 87.8 Å². The Morgan fingerprint density at radius 3 is 2.53 bits per heavy atom. The molecule has 1 N–H and O–H groups in total. The molecule has 5 heteroatoms. The molecule has 0 atom stereocenters. The molecular formula is C33H23N3O2. The largest absolute Gasteiger partial charge is 0.464 e. The molecule has 0 bridgehead atoms. The first-order chi connectivity index (χ1) is 18.8. The number of aromatic amines is 1. The van der Waals surface area contributed by atoms with E-state index in [9.17, 15) is 0 Å². The van der Waals surface area contributed by atoms with Crippen molar-refractivity contribution in [3.8, 4) is 0 Å². The van der Waals surface area contributed by atoms with E-state index in [1.54, 1.807) is 6.26 Å². The van der Waals surface area contributed by atoms with Gasteiger partial charge >= 0.3 is 0 Å². The van der Waals surface area contributed by atoms with Gasteiger partial charge in [-0.3, -0.25) is 4.98 Å². The minimum absolute atomic E-state index is 0.795. The van der Waals surface area contributed by atoms with Gasteiger partial charge in [0.25, 0.3) is 0 Å².